The number of aliphatic carboxylic acids is 3. The van der Waals surface area contributed by atoms with Crippen LogP contribution in [0.15, 0.2) is 42.7 Å². The molecule has 0 saturated carbocycles. The lowest BCUT2D eigenvalue weighted by Gasteiger charge is -2.31. The number of carbonyl (C=O) groups is 5. The molecule has 0 radical (unpaired) electrons. The van der Waals surface area contributed by atoms with Crippen LogP contribution in [0.1, 0.15) is 41.5 Å². The van der Waals surface area contributed by atoms with Crippen LogP contribution in [0.4, 0.5) is 39.5 Å². The minimum Gasteiger partial charge on any atom is -0.475 e. The van der Waals surface area contributed by atoms with Crippen LogP contribution >= 0.6 is 0 Å². The van der Waals surface area contributed by atoms with Crippen LogP contribution < -0.4 is 0 Å². The van der Waals surface area contributed by atoms with Gasteiger partial charge in [0.1, 0.15) is 0 Å². The van der Waals surface area contributed by atoms with Crippen LogP contribution in [0.5, 0.6) is 0 Å². The number of amides is 1. The molecule has 13 nitrogen and oxygen atoms in total. The van der Waals surface area contributed by atoms with E-state index in [-0.39, 0.29) is 17.8 Å². The summed E-state index contributed by atoms with van der Waals surface area (Å²) in [7, 11) is 0. The molecule has 0 aliphatic carbocycles. The number of hydrogen-bond donors (Lipinski definition) is 3. The minimum absolute atomic E-state index is 0.000796. The number of esters is 1. The fourth-order valence-corrected chi connectivity index (χ4v) is 5.04. The molecule has 0 bridgehead atoms. The summed E-state index contributed by atoms with van der Waals surface area (Å²) in [6.07, 6.45) is -10.5. The van der Waals surface area contributed by atoms with Gasteiger partial charge in [0.15, 0.2) is 0 Å². The van der Waals surface area contributed by atoms with Crippen molar-refractivity contribution in [2.75, 3.05) is 32.8 Å². The maximum atomic E-state index is 13.2. The molecule has 0 spiro atoms. The Bertz CT molecular complexity index is 1470. The number of hydrogen-bond acceptors (Lipinski definition) is 9. The summed E-state index contributed by atoms with van der Waals surface area (Å²) in [6.45, 7) is 7.49. The van der Waals surface area contributed by atoms with Crippen LogP contribution in [0.3, 0.4) is 0 Å². The van der Waals surface area contributed by atoms with Gasteiger partial charge in [0.2, 0.25) is 0 Å². The number of pyridine rings is 2. The fourth-order valence-electron chi connectivity index (χ4n) is 5.04. The molecule has 52 heavy (non-hydrogen) atoms. The first-order valence-electron chi connectivity index (χ1n) is 14.8. The average molecular weight is 765 g/mol. The third kappa shape index (κ3) is 14.3. The number of fused-ring (bicyclic) bond motifs is 1. The second-order valence-electron chi connectivity index (χ2n) is 11.0. The minimum atomic E-state index is -5.08. The number of aromatic nitrogens is 2. The molecule has 22 heteroatoms. The zero-order chi connectivity index (χ0) is 40.1. The molecule has 2 aliphatic rings. The molecule has 0 aromatic carbocycles. The van der Waals surface area contributed by atoms with E-state index in [2.05, 4.69) is 14.9 Å². The molecule has 2 fully saturated rings. The predicted molar refractivity (Wildman–Crippen MR) is 157 cm³/mol. The molecular formula is C30H33F9N4O9. The Hall–Kier alpha value is -5.02. The van der Waals surface area contributed by atoms with Gasteiger partial charge in [0.25, 0.3) is 5.91 Å². The Balaban J connectivity index is 0.000000525. The second kappa shape index (κ2) is 19.0. The van der Waals surface area contributed by atoms with Crippen LogP contribution in [0.2, 0.25) is 0 Å². The summed E-state index contributed by atoms with van der Waals surface area (Å²) < 4.78 is 101. The number of halogens is 9. The highest BCUT2D eigenvalue weighted by Crippen LogP contribution is 2.44. The number of carboxylic acid groups (broad SMARTS) is 3. The lowest BCUT2D eigenvalue weighted by atomic mass is 9.75. The lowest BCUT2D eigenvalue weighted by molar-refractivity contribution is -0.193. The first kappa shape index (κ1) is 45.0. The van der Waals surface area contributed by atoms with E-state index >= 15 is 0 Å². The van der Waals surface area contributed by atoms with Gasteiger partial charge in [-0.05, 0) is 51.0 Å². The van der Waals surface area contributed by atoms with Crippen LogP contribution in [-0.2, 0) is 30.5 Å². The lowest BCUT2D eigenvalue weighted by Crippen LogP contribution is -2.43. The normalized spacial score (nSPS) is 18.8. The molecule has 3 N–H and O–H groups in total. The Morgan fingerprint density at radius 2 is 1.35 bits per heavy atom. The highest BCUT2D eigenvalue weighted by Gasteiger charge is 2.54. The van der Waals surface area contributed by atoms with E-state index in [9.17, 15) is 49.1 Å². The van der Waals surface area contributed by atoms with Crippen molar-refractivity contribution in [1.29, 1.82) is 0 Å². The number of nitrogens with zero attached hydrogens (tertiary/aromatic N) is 4. The SMILES string of the molecule is CCOC(=O)[C@]12CCCN(C(=O)c3ccncc3)C[C@H]1CN(Cc1cccc(C)n1)C2.O=C(O)C(F)(F)F.O=C(O)C(F)(F)F.O=C(O)C(F)(F)F. The van der Waals surface area contributed by atoms with E-state index in [1.54, 1.807) is 24.5 Å². The van der Waals surface area contributed by atoms with E-state index in [4.69, 9.17) is 34.4 Å². The summed E-state index contributed by atoms with van der Waals surface area (Å²) in [6, 6.07) is 9.52. The molecule has 0 unspecified atom stereocenters. The van der Waals surface area contributed by atoms with E-state index < -0.39 is 41.9 Å². The first-order chi connectivity index (χ1) is 23.8. The molecule has 2 aromatic heterocycles. The van der Waals surface area contributed by atoms with Crippen LogP contribution in [0.25, 0.3) is 0 Å². The maximum Gasteiger partial charge on any atom is 0.490 e. The number of rotatable bonds is 5. The van der Waals surface area contributed by atoms with Crippen LogP contribution in [-0.4, -0.2) is 116 Å². The third-order valence-corrected chi connectivity index (χ3v) is 7.21. The van der Waals surface area contributed by atoms with Crippen molar-refractivity contribution < 1.29 is 83.5 Å². The van der Waals surface area contributed by atoms with Gasteiger partial charge < -0.3 is 25.0 Å². The predicted octanol–water partition coefficient (Wildman–Crippen LogP) is 4.60. The van der Waals surface area contributed by atoms with Gasteiger partial charge in [0, 0.05) is 62.3 Å². The Labute approximate surface area is 289 Å². The molecule has 2 atom stereocenters. The number of carbonyl (C=O) groups excluding carboxylic acids is 2. The Morgan fingerprint density at radius 1 is 0.846 bits per heavy atom. The van der Waals surface area contributed by atoms with Gasteiger partial charge in [-0.1, -0.05) is 6.07 Å². The first-order valence-corrected chi connectivity index (χ1v) is 14.8. The van der Waals surface area contributed by atoms with Gasteiger partial charge in [0.05, 0.1) is 17.7 Å². The standard InChI is InChI=1S/C24H30N4O3.3C2HF3O2/c1-3-31-23(30)24-10-5-13-28(22(29)19-8-11-25-12-9-19)15-20(24)14-27(17-24)16-21-7-4-6-18(2)26-21;3*3-2(4,5)1(6)7/h4,6-9,11-12,20H,3,5,10,13-17H2,1-2H3;3*(H,6,7)/t20-,24+;;;/m1.../s1. The Morgan fingerprint density at radius 3 is 1.79 bits per heavy atom. The maximum absolute atomic E-state index is 13.2. The van der Waals surface area contributed by atoms with Crippen molar-refractivity contribution in [2.24, 2.45) is 11.3 Å². The second-order valence-corrected chi connectivity index (χ2v) is 11.0. The summed E-state index contributed by atoms with van der Waals surface area (Å²) in [4.78, 5) is 65.8. The van der Waals surface area contributed by atoms with Crippen molar-refractivity contribution >= 4 is 29.8 Å². The molecule has 2 aliphatic heterocycles. The Kier molecular flexibility index (Phi) is 16.4. The smallest absolute Gasteiger partial charge is 0.475 e. The van der Waals surface area contributed by atoms with Gasteiger partial charge in [-0.3, -0.25) is 24.5 Å². The third-order valence-electron chi connectivity index (χ3n) is 7.21. The molecule has 4 rings (SSSR count). The fraction of sp³-hybridized carbons (Fsp3) is 0.500. The van der Waals surface area contributed by atoms with Gasteiger partial charge in [-0.2, -0.15) is 39.5 Å². The quantitative estimate of drug-likeness (QED) is 0.284. The topological polar surface area (TPSA) is 188 Å². The summed E-state index contributed by atoms with van der Waals surface area (Å²) >= 11 is 0. The number of alkyl halides is 9. The van der Waals surface area contributed by atoms with Crippen molar-refractivity contribution in [2.45, 2.75) is 51.8 Å². The van der Waals surface area contributed by atoms with E-state index in [1.807, 2.05) is 36.9 Å². The molecule has 2 saturated heterocycles. The van der Waals surface area contributed by atoms with Crippen molar-refractivity contribution in [3.05, 3.63) is 59.7 Å². The summed E-state index contributed by atoms with van der Waals surface area (Å²) in [5, 5.41) is 21.4. The highest BCUT2D eigenvalue weighted by atomic mass is 19.4. The molecule has 4 heterocycles. The van der Waals surface area contributed by atoms with Gasteiger partial charge in [-0.15, -0.1) is 0 Å². The number of ether oxygens (including phenoxy) is 1. The molecule has 1 amide bonds. The van der Waals surface area contributed by atoms with E-state index in [0.29, 0.717) is 38.3 Å². The van der Waals surface area contributed by atoms with Crippen molar-refractivity contribution in [3.63, 3.8) is 0 Å². The highest BCUT2D eigenvalue weighted by molar-refractivity contribution is 5.94. The molecule has 290 valence electrons. The van der Waals surface area contributed by atoms with Gasteiger partial charge in [-0.25, -0.2) is 14.4 Å². The number of carboxylic acids is 3. The number of likely N-dealkylation sites (tertiary alicyclic amines) is 2. The molecular weight excluding hydrogens is 731 g/mol. The molecule has 2 aromatic rings. The van der Waals surface area contributed by atoms with E-state index in [1.165, 1.54) is 0 Å². The van der Waals surface area contributed by atoms with Crippen molar-refractivity contribution in [3.8, 4) is 0 Å². The number of aryl methyl sites for hydroxylation is 1. The van der Waals surface area contributed by atoms with Crippen LogP contribution in [0, 0.1) is 18.3 Å². The summed E-state index contributed by atoms with van der Waals surface area (Å²) in [5.74, 6) is -8.36. The average Bonchev–Trinajstić information content (AvgIpc) is 3.26. The van der Waals surface area contributed by atoms with Crippen molar-refractivity contribution in [1.82, 2.24) is 19.8 Å². The summed E-state index contributed by atoms with van der Waals surface area (Å²) in [5.41, 5.74) is 2.05. The van der Waals surface area contributed by atoms with Gasteiger partial charge >= 0.3 is 42.4 Å². The van der Waals surface area contributed by atoms with E-state index in [0.717, 1.165) is 30.8 Å². The monoisotopic (exact) mass is 764 g/mol. The largest absolute Gasteiger partial charge is 0.490 e. The zero-order valence-electron chi connectivity index (χ0n) is 27.3. The zero-order valence-corrected chi connectivity index (χ0v) is 27.3.